The van der Waals surface area contributed by atoms with Crippen molar-refractivity contribution in [1.82, 2.24) is 0 Å². The average Bonchev–Trinajstić information content (AvgIpc) is 3.63. The molecule has 0 heterocycles. The summed E-state index contributed by atoms with van der Waals surface area (Å²) in [5.41, 5.74) is 3.83. The number of carbonyl (C=O) groups excluding carboxylic acids is 3. The molecule has 7 nitrogen and oxygen atoms in total. The van der Waals surface area contributed by atoms with Crippen molar-refractivity contribution in [3.05, 3.63) is 83.9 Å². The summed E-state index contributed by atoms with van der Waals surface area (Å²) in [4.78, 5) is 36.8. The van der Waals surface area contributed by atoms with E-state index in [0.29, 0.717) is 28.3 Å². The number of rotatable bonds is 6. The summed E-state index contributed by atoms with van der Waals surface area (Å²) in [6.07, 6.45) is 1.88. The SMILES string of the molecule is Cc1ccc(NC(=O)Nc2ccccc2)cc1NC(=O)c1ccc(NC(=O)C2CC2)cc1. The van der Waals surface area contributed by atoms with Crippen LogP contribution >= 0.6 is 0 Å². The molecule has 4 amide bonds. The van der Waals surface area contributed by atoms with E-state index in [1.807, 2.05) is 31.2 Å². The molecule has 1 aliphatic carbocycles. The quantitative estimate of drug-likeness (QED) is 0.432. The zero-order valence-electron chi connectivity index (χ0n) is 17.6. The average molecular weight is 428 g/mol. The lowest BCUT2D eigenvalue weighted by molar-refractivity contribution is -0.117. The first kappa shape index (κ1) is 21.1. The fourth-order valence-corrected chi connectivity index (χ4v) is 3.14. The molecule has 0 spiro atoms. The third-order valence-electron chi connectivity index (χ3n) is 5.14. The Kier molecular flexibility index (Phi) is 6.17. The minimum absolute atomic E-state index is 0.0263. The molecule has 0 unspecified atom stereocenters. The van der Waals surface area contributed by atoms with Gasteiger partial charge >= 0.3 is 6.03 Å². The summed E-state index contributed by atoms with van der Waals surface area (Å²) in [6, 6.07) is 20.8. The summed E-state index contributed by atoms with van der Waals surface area (Å²) < 4.78 is 0. The number of nitrogens with one attached hydrogen (secondary N) is 4. The van der Waals surface area contributed by atoms with Gasteiger partial charge in [-0.05, 0) is 73.9 Å². The van der Waals surface area contributed by atoms with Gasteiger partial charge in [-0.2, -0.15) is 0 Å². The fourth-order valence-electron chi connectivity index (χ4n) is 3.14. The van der Waals surface area contributed by atoms with E-state index in [-0.39, 0.29) is 23.8 Å². The lowest BCUT2D eigenvalue weighted by atomic mass is 10.1. The van der Waals surface area contributed by atoms with Crippen LogP contribution in [-0.4, -0.2) is 17.8 Å². The van der Waals surface area contributed by atoms with Gasteiger partial charge in [0.05, 0.1) is 0 Å². The molecule has 4 N–H and O–H groups in total. The summed E-state index contributed by atoms with van der Waals surface area (Å²) in [5.74, 6) is -0.130. The summed E-state index contributed by atoms with van der Waals surface area (Å²) >= 11 is 0. The van der Waals surface area contributed by atoms with Crippen LogP contribution in [-0.2, 0) is 4.79 Å². The molecule has 0 bridgehead atoms. The second-order valence-corrected chi connectivity index (χ2v) is 7.77. The maximum Gasteiger partial charge on any atom is 0.323 e. The van der Waals surface area contributed by atoms with Crippen LogP contribution in [0.25, 0.3) is 0 Å². The number of benzene rings is 3. The van der Waals surface area contributed by atoms with Crippen LogP contribution in [0.3, 0.4) is 0 Å². The highest BCUT2D eigenvalue weighted by molar-refractivity contribution is 6.06. The molecule has 3 aromatic carbocycles. The second kappa shape index (κ2) is 9.34. The molecule has 0 aliphatic heterocycles. The van der Waals surface area contributed by atoms with E-state index < -0.39 is 0 Å². The van der Waals surface area contributed by atoms with Crippen molar-refractivity contribution in [1.29, 1.82) is 0 Å². The van der Waals surface area contributed by atoms with Gasteiger partial charge in [-0.15, -0.1) is 0 Å². The number of hydrogen-bond donors (Lipinski definition) is 4. The third-order valence-corrected chi connectivity index (χ3v) is 5.14. The van der Waals surface area contributed by atoms with Crippen LogP contribution in [0.2, 0.25) is 0 Å². The Morgan fingerprint density at radius 2 is 1.34 bits per heavy atom. The maximum atomic E-state index is 12.7. The smallest absolute Gasteiger partial charge is 0.323 e. The molecule has 1 fully saturated rings. The Labute approximate surface area is 186 Å². The van der Waals surface area contributed by atoms with Crippen LogP contribution in [0.1, 0.15) is 28.8 Å². The number of para-hydroxylation sites is 1. The first-order chi connectivity index (χ1) is 15.5. The van der Waals surface area contributed by atoms with Gasteiger partial charge in [0, 0.05) is 34.2 Å². The Morgan fingerprint density at radius 1 is 0.719 bits per heavy atom. The number of aryl methyl sites for hydroxylation is 1. The molecule has 0 saturated heterocycles. The van der Waals surface area contributed by atoms with Crippen LogP contribution < -0.4 is 21.3 Å². The first-order valence-corrected chi connectivity index (χ1v) is 10.4. The van der Waals surface area contributed by atoms with Crippen molar-refractivity contribution in [2.75, 3.05) is 21.3 Å². The summed E-state index contributed by atoms with van der Waals surface area (Å²) in [7, 11) is 0. The molecular weight excluding hydrogens is 404 g/mol. The minimum atomic E-state index is -0.374. The van der Waals surface area contributed by atoms with Gasteiger partial charge in [-0.3, -0.25) is 9.59 Å². The van der Waals surface area contributed by atoms with Gasteiger partial charge in [-0.1, -0.05) is 24.3 Å². The van der Waals surface area contributed by atoms with E-state index in [0.717, 1.165) is 18.4 Å². The molecule has 0 radical (unpaired) electrons. The Morgan fingerprint density at radius 3 is 2.03 bits per heavy atom. The summed E-state index contributed by atoms with van der Waals surface area (Å²) in [6.45, 7) is 1.87. The van der Waals surface area contributed by atoms with Crippen molar-refractivity contribution in [2.24, 2.45) is 5.92 Å². The van der Waals surface area contributed by atoms with E-state index >= 15 is 0 Å². The van der Waals surface area contributed by atoms with E-state index in [1.165, 1.54) is 0 Å². The predicted molar refractivity (Wildman–Crippen MR) is 126 cm³/mol. The van der Waals surface area contributed by atoms with Crippen molar-refractivity contribution in [3.63, 3.8) is 0 Å². The number of anilines is 4. The highest BCUT2D eigenvalue weighted by Crippen LogP contribution is 2.30. The van der Waals surface area contributed by atoms with Crippen LogP contribution in [0.5, 0.6) is 0 Å². The van der Waals surface area contributed by atoms with Crippen molar-refractivity contribution < 1.29 is 14.4 Å². The molecule has 0 atom stereocenters. The number of urea groups is 1. The van der Waals surface area contributed by atoms with Gasteiger partial charge < -0.3 is 21.3 Å². The van der Waals surface area contributed by atoms with Crippen molar-refractivity contribution in [3.8, 4) is 0 Å². The molecular formula is C25H24N4O3. The fraction of sp³-hybridized carbons (Fsp3) is 0.160. The zero-order valence-corrected chi connectivity index (χ0v) is 17.6. The number of amides is 4. The van der Waals surface area contributed by atoms with Crippen molar-refractivity contribution in [2.45, 2.75) is 19.8 Å². The standard InChI is InChI=1S/C25H24N4O3/c1-16-7-12-21(28-25(32)27-19-5-3-2-4-6-19)15-22(16)29-24(31)18-10-13-20(14-11-18)26-23(30)17-8-9-17/h2-7,10-15,17H,8-9H2,1H3,(H,26,30)(H,29,31)(H2,27,28,32). The number of carbonyl (C=O) groups is 3. The van der Waals surface area contributed by atoms with E-state index in [4.69, 9.17) is 0 Å². The maximum absolute atomic E-state index is 12.7. The summed E-state index contributed by atoms with van der Waals surface area (Å²) in [5, 5.41) is 11.3. The van der Waals surface area contributed by atoms with Crippen LogP contribution in [0.4, 0.5) is 27.5 Å². The molecule has 162 valence electrons. The largest absolute Gasteiger partial charge is 0.326 e. The van der Waals surface area contributed by atoms with Gasteiger partial charge in [0.15, 0.2) is 0 Å². The molecule has 1 saturated carbocycles. The number of hydrogen-bond acceptors (Lipinski definition) is 3. The zero-order chi connectivity index (χ0) is 22.5. The molecule has 0 aromatic heterocycles. The molecule has 4 rings (SSSR count). The normalized spacial score (nSPS) is 12.5. The Bertz CT molecular complexity index is 1140. The van der Waals surface area contributed by atoms with Crippen molar-refractivity contribution >= 4 is 40.6 Å². The molecule has 3 aromatic rings. The monoisotopic (exact) mass is 428 g/mol. The highest BCUT2D eigenvalue weighted by Gasteiger charge is 2.29. The van der Waals surface area contributed by atoms with E-state index in [1.54, 1.807) is 48.5 Å². The van der Waals surface area contributed by atoms with Gasteiger partial charge in [0.1, 0.15) is 0 Å². The lowest BCUT2D eigenvalue weighted by Crippen LogP contribution is -2.19. The molecule has 1 aliphatic rings. The molecule has 7 heteroatoms. The van der Waals surface area contributed by atoms with Gasteiger partial charge in [-0.25, -0.2) is 4.79 Å². The van der Waals surface area contributed by atoms with Gasteiger partial charge in [0.25, 0.3) is 5.91 Å². The Hall–Kier alpha value is -4.13. The topological polar surface area (TPSA) is 99.3 Å². The van der Waals surface area contributed by atoms with Crippen LogP contribution in [0.15, 0.2) is 72.8 Å². The first-order valence-electron chi connectivity index (χ1n) is 10.4. The van der Waals surface area contributed by atoms with Crippen LogP contribution in [0, 0.1) is 12.8 Å². The second-order valence-electron chi connectivity index (χ2n) is 7.77. The van der Waals surface area contributed by atoms with E-state index in [9.17, 15) is 14.4 Å². The predicted octanol–water partition coefficient (Wildman–Crippen LogP) is 5.24. The van der Waals surface area contributed by atoms with E-state index in [2.05, 4.69) is 21.3 Å². The minimum Gasteiger partial charge on any atom is -0.326 e. The lowest BCUT2D eigenvalue weighted by Gasteiger charge is -2.13. The van der Waals surface area contributed by atoms with Gasteiger partial charge in [0.2, 0.25) is 5.91 Å². The highest BCUT2D eigenvalue weighted by atomic mass is 16.2. The molecule has 32 heavy (non-hydrogen) atoms. The third kappa shape index (κ3) is 5.51. The Balaban J connectivity index is 1.38.